The molecule has 0 amide bonds. The van der Waals surface area contributed by atoms with E-state index >= 15 is 0 Å². The Hall–Kier alpha value is -0.750. The molecule has 0 spiro atoms. The second kappa shape index (κ2) is 4.40. The normalized spacial score (nSPS) is 13.6. The first kappa shape index (κ1) is 12.3. The molecule has 0 bridgehead atoms. The van der Waals surface area contributed by atoms with Gasteiger partial charge in [-0.25, -0.2) is 0 Å². The summed E-state index contributed by atoms with van der Waals surface area (Å²) in [6.45, 7) is 0.901. The van der Waals surface area contributed by atoms with Crippen molar-refractivity contribution < 1.29 is 18.0 Å². The van der Waals surface area contributed by atoms with Crippen molar-refractivity contribution in [3.63, 3.8) is 0 Å². The fourth-order valence-electron chi connectivity index (χ4n) is 1.12. The topological polar surface area (TPSA) is 17.1 Å². The fraction of sp³-hybridized carbons (Fsp3) is 0.333. The van der Waals surface area contributed by atoms with E-state index in [-0.39, 0.29) is 4.86 Å². The molecule has 1 heterocycles. The molecule has 0 aliphatic heterocycles. The Bertz CT molecular complexity index is 367. The van der Waals surface area contributed by atoms with E-state index in [0.29, 0.717) is 4.88 Å². The number of carbonyl (C=O) groups excluding carboxylic acids is 1. The summed E-state index contributed by atoms with van der Waals surface area (Å²) in [5, 5.41) is 1.62. The zero-order valence-corrected chi connectivity index (χ0v) is 9.30. The van der Waals surface area contributed by atoms with Crippen LogP contribution in [-0.4, -0.2) is 16.8 Å². The maximum atomic E-state index is 12.5. The second-order valence-corrected chi connectivity index (χ2v) is 4.31. The summed E-state index contributed by atoms with van der Waals surface area (Å²) in [5.74, 6) is -3.13. The predicted molar refractivity (Wildman–Crippen MR) is 56.2 cm³/mol. The van der Waals surface area contributed by atoms with Gasteiger partial charge in [-0.2, -0.15) is 13.2 Å². The predicted octanol–water partition coefficient (Wildman–Crippen LogP) is 3.23. The number of Topliss-reactive ketones (excluding diaryl/α,β-unsaturated/α-hetero) is 1. The van der Waals surface area contributed by atoms with Crippen LogP contribution in [-0.2, 0) is 4.79 Å². The van der Waals surface area contributed by atoms with Crippen LogP contribution in [0.15, 0.2) is 17.5 Å². The van der Waals surface area contributed by atoms with Crippen molar-refractivity contribution in [2.45, 2.75) is 13.1 Å². The van der Waals surface area contributed by atoms with Crippen LogP contribution in [0.2, 0.25) is 0 Å². The summed E-state index contributed by atoms with van der Waals surface area (Å²) < 4.78 is 37.5. The first-order chi connectivity index (χ1) is 6.84. The Morgan fingerprint density at radius 2 is 2.13 bits per heavy atom. The van der Waals surface area contributed by atoms with E-state index in [9.17, 15) is 18.0 Å². The lowest BCUT2D eigenvalue weighted by atomic mass is 9.99. The van der Waals surface area contributed by atoms with Crippen LogP contribution in [0.4, 0.5) is 13.2 Å². The molecule has 1 nitrogen and oxygen atoms in total. The smallest absolute Gasteiger partial charge is 0.299 e. The molecule has 0 aliphatic rings. The van der Waals surface area contributed by atoms with Crippen molar-refractivity contribution in [3.05, 3.63) is 22.4 Å². The lowest BCUT2D eigenvalue weighted by Crippen LogP contribution is -2.35. The Morgan fingerprint density at radius 1 is 1.53 bits per heavy atom. The Labute approximate surface area is 93.9 Å². The van der Waals surface area contributed by atoms with Crippen LogP contribution in [0, 0.1) is 5.92 Å². The number of ketones is 1. The van der Waals surface area contributed by atoms with Gasteiger partial charge in [-0.15, -0.1) is 11.3 Å². The van der Waals surface area contributed by atoms with Gasteiger partial charge in [0.15, 0.2) is 0 Å². The van der Waals surface area contributed by atoms with Gasteiger partial charge in [0.2, 0.25) is 0 Å². The Morgan fingerprint density at radius 3 is 2.47 bits per heavy atom. The highest BCUT2D eigenvalue weighted by Crippen LogP contribution is 2.31. The molecule has 0 saturated heterocycles. The molecule has 0 saturated carbocycles. The van der Waals surface area contributed by atoms with E-state index in [4.69, 9.17) is 0 Å². The van der Waals surface area contributed by atoms with Crippen LogP contribution in [0.1, 0.15) is 11.8 Å². The molecule has 6 heteroatoms. The van der Waals surface area contributed by atoms with Crippen LogP contribution >= 0.6 is 23.6 Å². The van der Waals surface area contributed by atoms with Crippen LogP contribution in [0.3, 0.4) is 0 Å². The van der Waals surface area contributed by atoms with E-state index in [2.05, 4.69) is 12.2 Å². The summed E-state index contributed by atoms with van der Waals surface area (Å²) >= 11 is 5.79. The van der Waals surface area contributed by atoms with Crippen molar-refractivity contribution in [1.29, 1.82) is 0 Å². The summed E-state index contributed by atoms with van der Waals surface area (Å²) in [6, 6.07) is 3.08. The summed E-state index contributed by atoms with van der Waals surface area (Å²) in [7, 11) is 0. The second-order valence-electron chi connectivity index (χ2n) is 2.93. The van der Waals surface area contributed by atoms with E-state index in [0.717, 1.165) is 18.3 Å². The van der Waals surface area contributed by atoms with Gasteiger partial charge in [0.05, 0.1) is 4.86 Å². The van der Waals surface area contributed by atoms with Crippen molar-refractivity contribution >= 4 is 34.2 Å². The molecule has 15 heavy (non-hydrogen) atoms. The van der Waals surface area contributed by atoms with Gasteiger partial charge >= 0.3 is 6.18 Å². The van der Waals surface area contributed by atoms with Crippen molar-refractivity contribution in [2.24, 2.45) is 5.92 Å². The standard InChI is InChI=1S/C9H7F3OS2/c1-5(13)7(9(10,11)12)8(14)6-3-2-4-15-6/h2-4,7H,1H3. The minimum Gasteiger partial charge on any atom is -0.299 e. The fourth-order valence-corrected chi connectivity index (χ4v) is 2.33. The van der Waals surface area contributed by atoms with Crippen molar-refractivity contribution in [2.75, 3.05) is 0 Å². The molecular weight excluding hydrogens is 245 g/mol. The van der Waals surface area contributed by atoms with Gasteiger partial charge in [0.1, 0.15) is 11.7 Å². The zero-order chi connectivity index (χ0) is 11.6. The van der Waals surface area contributed by atoms with Crippen LogP contribution < -0.4 is 0 Å². The molecule has 0 radical (unpaired) electrons. The molecule has 82 valence electrons. The van der Waals surface area contributed by atoms with Crippen LogP contribution in [0.25, 0.3) is 0 Å². The SMILES string of the molecule is CC(=O)C(C(=S)c1cccs1)C(F)(F)F. The highest BCUT2D eigenvalue weighted by Gasteiger charge is 2.46. The summed E-state index contributed by atoms with van der Waals surface area (Å²) in [4.78, 5) is 10.9. The van der Waals surface area contributed by atoms with E-state index in [1.807, 2.05) is 0 Å². The first-order valence-corrected chi connectivity index (χ1v) is 5.27. The van der Waals surface area contributed by atoms with Gasteiger partial charge in [-0.05, 0) is 18.4 Å². The zero-order valence-electron chi connectivity index (χ0n) is 7.67. The Balaban J connectivity index is 3.02. The largest absolute Gasteiger partial charge is 0.403 e. The molecule has 0 aromatic carbocycles. The molecular formula is C9H7F3OS2. The molecule has 1 unspecified atom stereocenters. The first-order valence-electron chi connectivity index (χ1n) is 3.99. The minimum atomic E-state index is -4.60. The lowest BCUT2D eigenvalue weighted by Gasteiger charge is -2.17. The van der Waals surface area contributed by atoms with Crippen molar-refractivity contribution in [1.82, 2.24) is 0 Å². The maximum Gasteiger partial charge on any atom is 0.403 e. The molecule has 1 aromatic rings. The monoisotopic (exact) mass is 252 g/mol. The van der Waals surface area contributed by atoms with Gasteiger partial charge in [-0.3, -0.25) is 4.79 Å². The quantitative estimate of drug-likeness (QED) is 0.607. The third kappa shape index (κ3) is 2.85. The third-order valence-corrected chi connectivity index (χ3v) is 3.25. The number of halogens is 3. The number of thiocarbonyl (C=S) groups is 1. The number of hydrogen-bond acceptors (Lipinski definition) is 3. The van der Waals surface area contributed by atoms with Crippen molar-refractivity contribution in [3.8, 4) is 0 Å². The molecule has 0 aliphatic carbocycles. The number of hydrogen-bond donors (Lipinski definition) is 0. The van der Waals surface area contributed by atoms with Gasteiger partial charge in [0, 0.05) is 4.88 Å². The van der Waals surface area contributed by atoms with Gasteiger partial charge in [0.25, 0.3) is 0 Å². The number of rotatable bonds is 3. The number of carbonyl (C=O) groups is 1. The average Bonchev–Trinajstić information content (AvgIpc) is 2.51. The van der Waals surface area contributed by atoms with E-state index in [1.54, 1.807) is 11.4 Å². The summed E-state index contributed by atoms with van der Waals surface area (Å²) in [5.41, 5.74) is 0. The highest BCUT2D eigenvalue weighted by atomic mass is 32.1. The van der Waals surface area contributed by atoms with Crippen LogP contribution in [0.5, 0.6) is 0 Å². The highest BCUT2D eigenvalue weighted by molar-refractivity contribution is 7.81. The van der Waals surface area contributed by atoms with Gasteiger partial charge < -0.3 is 0 Å². The lowest BCUT2D eigenvalue weighted by molar-refractivity contribution is -0.165. The van der Waals surface area contributed by atoms with E-state index in [1.165, 1.54) is 6.07 Å². The number of thiophene rings is 1. The molecule has 1 aromatic heterocycles. The number of alkyl halides is 3. The molecule has 0 N–H and O–H groups in total. The molecule has 0 fully saturated rings. The van der Waals surface area contributed by atoms with E-state index < -0.39 is 17.9 Å². The molecule has 1 atom stereocenters. The molecule has 1 rings (SSSR count). The minimum absolute atomic E-state index is 0.322. The Kier molecular flexibility index (Phi) is 3.62. The van der Waals surface area contributed by atoms with Gasteiger partial charge in [-0.1, -0.05) is 18.3 Å². The third-order valence-electron chi connectivity index (χ3n) is 1.76. The average molecular weight is 252 g/mol. The maximum absolute atomic E-state index is 12.5. The summed E-state index contributed by atoms with van der Waals surface area (Å²) in [6.07, 6.45) is -4.60.